The molecule has 0 radical (unpaired) electrons. The molecule has 6 rings (SSSR count). The van der Waals surface area contributed by atoms with Crippen LogP contribution in [0.2, 0.25) is 0 Å². The van der Waals surface area contributed by atoms with Crippen LogP contribution in [0, 0.1) is 11.8 Å². The second-order valence-corrected chi connectivity index (χ2v) is 10.5. The third-order valence-electron chi connectivity index (χ3n) is 8.22. The average Bonchev–Trinajstić information content (AvgIpc) is 3.36. The van der Waals surface area contributed by atoms with Crippen LogP contribution in [0.25, 0.3) is 11.1 Å². The first-order valence-electron chi connectivity index (χ1n) is 13.6. The number of hydrogen-bond donors (Lipinski definition) is 2. The summed E-state index contributed by atoms with van der Waals surface area (Å²) in [6.07, 6.45) is 0.354. The SMILES string of the molecule is COc1ccccc1C1C(C(=O)O)[C@H](c2ccccc2OC)[C@H]1C(=O)Oc1cccc(-c2ccc3c(c2)NC(=O)C3)c1. The number of ether oxygens (including phenoxy) is 3. The molecule has 2 aliphatic rings. The van der Waals surface area contributed by atoms with E-state index in [1.807, 2.05) is 24.3 Å². The fourth-order valence-corrected chi connectivity index (χ4v) is 6.32. The number of carbonyl (C=O) groups excluding carboxylic acids is 2. The van der Waals surface area contributed by atoms with Crippen molar-refractivity contribution in [3.63, 3.8) is 0 Å². The normalized spacial score (nSPS) is 20.6. The Labute approximate surface area is 242 Å². The number of fused-ring (bicyclic) bond motifs is 1. The number of hydrogen-bond acceptors (Lipinski definition) is 6. The number of carboxylic acid groups (broad SMARTS) is 1. The molecule has 4 atom stereocenters. The van der Waals surface area contributed by atoms with Gasteiger partial charge >= 0.3 is 11.9 Å². The number of nitrogens with one attached hydrogen (secondary N) is 1. The number of para-hydroxylation sites is 2. The van der Waals surface area contributed by atoms with Gasteiger partial charge in [-0.2, -0.15) is 0 Å². The van der Waals surface area contributed by atoms with E-state index in [1.54, 1.807) is 66.7 Å². The van der Waals surface area contributed by atoms with Crippen LogP contribution >= 0.6 is 0 Å². The molecule has 1 aliphatic carbocycles. The molecule has 1 aliphatic heterocycles. The zero-order valence-corrected chi connectivity index (χ0v) is 23.1. The number of aliphatic carboxylic acids is 1. The molecule has 1 fully saturated rings. The summed E-state index contributed by atoms with van der Waals surface area (Å²) >= 11 is 0. The number of amides is 1. The highest BCUT2D eigenvalue weighted by molar-refractivity contribution is 6.00. The van der Waals surface area contributed by atoms with Gasteiger partial charge in [0.05, 0.1) is 32.5 Å². The lowest BCUT2D eigenvalue weighted by Crippen LogP contribution is -2.52. The largest absolute Gasteiger partial charge is 0.496 e. The quantitative estimate of drug-likeness (QED) is 0.210. The van der Waals surface area contributed by atoms with Gasteiger partial charge in [0.15, 0.2) is 0 Å². The van der Waals surface area contributed by atoms with E-state index in [-0.39, 0.29) is 5.91 Å². The first kappa shape index (κ1) is 27.1. The van der Waals surface area contributed by atoms with Gasteiger partial charge in [0.1, 0.15) is 17.2 Å². The molecule has 1 heterocycles. The second kappa shape index (κ2) is 11.0. The van der Waals surface area contributed by atoms with Gasteiger partial charge in [-0.1, -0.05) is 60.7 Å². The Balaban J connectivity index is 1.36. The van der Waals surface area contributed by atoms with Gasteiger partial charge in [-0.15, -0.1) is 0 Å². The Bertz CT molecular complexity index is 1640. The van der Waals surface area contributed by atoms with Crippen molar-refractivity contribution in [2.24, 2.45) is 11.8 Å². The Morgan fingerprint density at radius 2 is 1.38 bits per heavy atom. The molecule has 8 heteroatoms. The fraction of sp³-hybridized carbons (Fsp3) is 0.206. The zero-order valence-electron chi connectivity index (χ0n) is 23.1. The van der Waals surface area contributed by atoms with Crippen molar-refractivity contribution < 1.29 is 33.7 Å². The van der Waals surface area contributed by atoms with E-state index < -0.39 is 35.6 Å². The summed E-state index contributed by atoms with van der Waals surface area (Å²) in [5.41, 5.74) is 4.65. The molecule has 0 aromatic heterocycles. The van der Waals surface area contributed by atoms with Crippen molar-refractivity contribution in [1.29, 1.82) is 0 Å². The predicted molar refractivity (Wildman–Crippen MR) is 156 cm³/mol. The number of anilines is 1. The van der Waals surface area contributed by atoms with Crippen LogP contribution < -0.4 is 19.5 Å². The summed E-state index contributed by atoms with van der Waals surface area (Å²) in [5.74, 6) is -3.37. The molecular formula is C34H29NO7. The van der Waals surface area contributed by atoms with Crippen LogP contribution in [0.4, 0.5) is 5.69 Å². The van der Waals surface area contributed by atoms with Crippen molar-refractivity contribution in [2.75, 3.05) is 19.5 Å². The first-order valence-corrected chi connectivity index (χ1v) is 13.6. The summed E-state index contributed by atoms with van der Waals surface area (Å²) in [6, 6.07) is 27.2. The molecule has 4 aromatic carbocycles. The van der Waals surface area contributed by atoms with E-state index >= 15 is 0 Å². The number of benzene rings is 4. The highest BCUT2D eigenvalue weighted by Crippen LogP contribution is 2.60. The van der Waals surface area contributed by atoms with Crippen LogP contribution in [0.1, 0.15) is 28.5 Å². The lowest BCUT2D eigenvalue weighted by atomic mass is 9.52. The summed E-state index contributed by atoms with van der Waals surface area (Å²) in [4.78, 5) is 38.5. The molecule has 4 aromatic rings. The second-order valence-electron chi connectivity index (χ2n) is 10.5. The Kier molecular flexibility index (Phi) is 7.12. The topological polar surface area (TPSA) is 111 Å². The lowest BCUT2D eigenvalue weighted by Gasteiger charge is -2.49. The molecule has 0 saturated heterocycles. The van der Waals surface area contributed by atoms with Gasteiger partial charge in [-0.25, -0.2) is 0 Å². The highest BCUT2D eigenvalue weighted by Gasteiger charge is 2.60. The van der Waals surface area contributed by atoms with Crippen molar-refractivity contribution in [1.82, 2.24) is 0 Å². The summed E-state index contributed by atoms with van der Waals surface area (Å²) in [5, 5.41) is 13.3. The number of carbonyl (C=O) groups is 3. The summed E-state index contributed by atoms with van der Waals surface area (Å²) in [6.45, 7) is 0. The van der Waals surface area contributed by atoms with Gasteiger partial charge in [0, 0.05) is 17.5 Å². The van der Waals surface area contributed by atoms with Crippen molar-refractivity contribution in [3.8, 4) is 28.4 Å². The van der Waals surface area contributed by atoms with E-state index in [4.69, 9.17) is 14.2 Å². The van der Waals surface area contributed by atoms with Crippen LogP contribution in [0.5, 0.6) is 17.2 Å². The highest BCUT2D eigenvalue weighted by atomic mass is 16.5. The standard InChI is InChI=1S/C34H29NO7/c1-40-26-12-5-3-10-23(26)29-31(33(37)38)30(24-11-4-6-13-27(24)41-2)32(29)34(39)42-22-9-7-8-19(16-22)20-14-15-21-18-28(36)35-25(21)17-20/h3-17,29-32H,18H2,1-2H3,(H,35,36)(H,37,38)/t29-,30?,31?,32+/m0/s1. The Morgan fingerprint density at radius 1 is 0.762 bits per heavy atom. The minimum absolute atomic E-state index is 0.0424. The maximum absolute atomic E-state index is 14.0. The monoisotopic (exact) mass is 563 g/mol. The van der Waals surface area contributed by atoms with Gasteiger partial charge in [0.2, 0.25) is 5.91 Å². The fourth-order valence-electron chi connectivity index (χ4n) is 6.32. The van der Waals surface area contributed by atoms with Gasteiger partial charge in [0.25, 0.3) is 0 Å². The third-order valence-corrected chi connectivity index (χ3v) is 8.22. The minimum Gasteiger partial charge on any atom is -0.496 e. The molecule has 1 saturated carbocycles. The van der Waals surface area contributed by atoms with Gasteiger partial charge in [-0.3, -0.25) is 14.4 Å². The van der Waals surface area contributed by atoms with E-state index in [2.05, 4.69) is 5.32 Å². The van der Waals surface area contributed by atoms with Gasteiger partial charge < -0.3 is 24.6 Å². The predicted octanol–water partition coefficient (Wildman–Crippen LogP) is 5.67. The molecular weight excluding hydrogens is 534 g/mol. The van der Waals surface area contributed by atoms with Crippen LogP contribution in [0.15, 0.2) is 91.0 Å². The number of methoxy groups -OCH3 is 2. The maximum Gasteiger partial charge on any atom is 0.315 e. The summed E-state index contributed by atoms with van der Waals surface area (Å²) in [7, 11) is 3.04. The Hall–Kier alpha value is -5.11. The van der Waals surface area contributed by atoms with E-state index in [0.717, 1.165) is 22.4 Å². The molecule has 8 nitrogen and oxygen atoms in total. The Morgan fingerprint density at radius 3 is 2.00 bits per heavy atom. The number of carboxylic acids is 1. The molecule has 0 spiro atoms. The zero-order chi connectivity index (χ0) is 29.4. The summed E-state index contributed by atoms with van der Waals surface area (Å²) < 4.78 is 17.1. The number of esters is 1. The molecule has 42 heavy (non-hydrogen) atoms. The minimum atomic E-state index is -1.02. The van der Waals surface area contributed by atoms with Crippen LogP contribution in [-0.2, 0) is 20.8 Å². The third kappa shape index (κ3) is 4.75. The van der Waals surface area contributed by atoms with Crippen LogP contribution in [-0.4, -0.2) is 37.2 Å². The first-order chi connectivity index (χ1) is 20.4. The number of rotatable bonds is 8. The molecule has 1 amide bonds. The smallest absolute Gasteiger partial charge is 0.315 e. The molecule has 212 valence electrons. The molecule has 2 unspecified atom stereocenters. The molecule has 0 bridgehead atoms. The van der Waals surface area contributed by atoms with E-state index in [1.165, 1.54) is 14.2 Å². The maximum atomic E-state index is 14.0. The lowest BCUT2D eigenvalue weighted by molar-refractivity contribution is -0.158. The van der Waals surface area contributed by atoms with Crippen molar-refractivity contribution in [2.45, 2.75) is 18.3 Å². The van der Waals surface area contributed by atoms with Crippen LogP contribution in [0.3, 0.4) is 0 Å². The van der Waals surface area contributed by atoms with E-state index in [9.17, 15) is 19.5 Å². The van der Waals surface area contributed by atoms with Crippen molar-refractivity contribution >= 4 is 23.5 Å². The van der Waals surface area contributed by atoms with Gasteiger partial charge in [-0.05, 0) is 58.1 Å². The van der Waals surface area contributed by atoms with Crippen molar-refractivity contribution in [3.05, 3.63) is 108 Å². The molecule has 2 N–H and O–H groups in total. The van der Waals surface area contributed by atoms with E-state index in [0.29, 0.717) is 34.8 Å². The average molecular weight is 564 g/mol.